The molecule has 0 unspecified atom stereocenters. The lowest BCUT2D eigenvalue weighted by Crippen LogP contribution is -2.14. The third-order valence-electron chi connectivity index (χ3n) is 3.27. The summed E-state index contributed by atoms with van der Waals surface area (Å²) in [6.45, 7) is 2.68. The molecule has 2 N–H and O–H groups in total. The molecule has 0 bridgehead atoms. The number of benzene rings is 2. The van der Waals surface area contributed by atoms with E-state index < -0.39 is 0 Å². The molecule has 3 heteroatoms. The van der Waals surface area contributed by atoms with Crippen LogP contribution in [0, 0.1) is 6.92 Å². The Bertz CT molecular complexity index is 549. The average Bonchev–Trinajstić information content (AvgIpc) is 2.41. The van der Waals surface area contributed by atoms with Gasteiger partial charge in [0.05, 0.1) is 0 Å². The summed E-state index contributed by atoms with van der Waals surface area (Å²) in [6.07, 6.45) is 0.783. The molecule has 100 valence electrons. The van der Waals surface area contributed by atoms with Crippen LogP contribution in [0.5, 0.6) is 0 Å². The highest BCUT2D eigenvalue weighted by molar-refractivity contribution is 6.31. The van der Waals surface area contributed by atoms with Crippen molar-refractivity contribution in [1.29, 1.82) is 0 Å². The number of nitrogens with zero attached hydrogens (tertiary/aromatic N) is 1. The first-order valence-corrected chi connectivity index (χ1v) is 6.79. The van der Waals surface area contributed by atoms with E-state index in [-0.39, 0.29) is 0 Å². The normalized spacial score (nSPS) is 10.5. The zero-order chi connectivity index (χ0) is 13.8. The summed E-state index contributed by atoms with van der Waals surface area (Å²) in [6, 6.07) is 14.4. The van der Waals surface area contributed by atoms with E-state index in [9.17, 15) is 0 Å². The Kier molecular flexibility index (Phi) is 4.46. The van der Waals surface area contributed by atoms with E-state index in [0.29, 0.717) is 6.54 Å². The van der Waals surface area contributed by atoms with E-state index in [1.54, 1.807) is 0 Å². The van der Waals surface area contributed by atoms with Crippen LogP contribution in [-0.2, 0) is 6.42 Å². The molecule has 0 amide bonds. The van der Waals surface area contributed by atoms with Crippen LogP contribution in [0.1, 0.15) is 11.1 Å². The molecular weight excluding hydrogens is 256 g/mol. The first kappa shape index (κ1) is 13.9. The summed E-state index contributed by atoms with van der Waals surface area (Å²) in [5.41, 5.74) is 10.3. The van der Waals surface area contributed by atoms with E-state index in [1.165, 1.54) is 5.56 Å². The van der Waals surface area contributed by atoms with Crippen molar-refractivity contribution in [2.75, 3.05) is 18.5 Å². The monoisotopic (exact) mass is 274 g/mol. The smallest absolute Gasteiger partial charge is 0.0459 e. The first-order chi connectivity index (χ1) is 9.13. The predicted octanol–water partition coefficient (Wildman–Crippen LogP) is 3.92. The van der Waals surface area contributed by atoms with Crippen LogP contribution in [0.4, 0.5) is 11.4 Å². The van der Waals surface area contributed by atoms with Gasteiger partial charge in [0.15, 0.2) is 0 Å². The summed E-state index contributed by atoms with van der Waals surface area (Å²) < 4.78 is 0. The minimum atomic E-state index is 0.596. The third kappa shape index (κ3) is 3.09. The third-order valence-corrected chi connectivity index (χ3v) is 3.63. The van der Waals surface area contributed by atoms with Gasteiger partial charge in [0, 0.05) is 23.4 Å². The first-order valence-electron chi connectivity index (χ1n) is 6.41. The van der Waals surface area contributed by atoms with Crippen LogP contribution >= 0.6 is 11.6 Å². The molecule has 0 fully saturated rings. The molecule has 0 atom stereocenters. The van der Waals surface area contributed by atoms with Gasteiger partial charge in [-0.1, -0.05) is 35.4 Å². The summed E-state index contributed by atoms with van der Waals surface area (Å²) in [5.74, 6) is 0. The molecule has 0 heterocycles. The number of halogens is 1. The molecule has 0 radical (unpaired) electrons. The fraction of sp³-hybridized carbons (Fsp3) is 0.250. The Morgan fingerprint density at radius 3 is 2.42 bits per heavy atom. The van der Waals surface area contributed by atoms with Crippen molar-refractivity contribution in [3.63, 3.8) is 0 Å². The Labute approximate surface area is 119 Å². The Balaban J connectivity index is 2.40. The van der Waals surface area contributed by atoms with Gasteiger partial charge in [-0.2, -0.15) is 0 Å². The van der Waals surface area contributed by atoms with Crippen LogP contribution < -0.4 is 10.6 Å². The van der Waals surface area contributed by atoms with Gasteiger partial charge in [-0.05, 0) is 49.7 Å². The molecule has 2 aromatic rings. The van der Waals surface area contributed by atoms with Crippen molar-refractivity contribution < 1.29 is 0 Å². The van der Waals surface area contributed by atoms with Crippen molar-refractivity contribution >= 4 is 23.0 Å². The summed E-state index contributed by atoms with van der Waals surface area (Å²) in [7, 11) is 2.05. The van der Waals surface area contributed by atoms with Gasteiger partial charge >= 0.3 is 0 Å². The second-order valence-electron chi connectivity index (χ2n) is 4.67. The quantitative estimate of drug-likeness (QED) is 0.916. The molecule has 2 rings (SSSR count). The minimum absolute atomic E-state index is 0.596. The molecule has 0 aromatic heterocycles. The van der Waals surface area contributed by atoms with Gasteiger partial charge in [-0.3, -0.25) is 0 Å². The van der Waals surface area contributed by atoms with Crippen LogP contribution in [0.15, 0.2) is 42.5 Å². The molecule has 2 nitrogen and oxygen atoms in total. The van der Waals surface area contributed by atoms with Gasteiger partial charge in [-0.25, -0.2) is 0 Å². The summed E-state index contributed by atoms with van der Waals surface area (Å²) in [4.78, 5) is 2.15. The molecule has 0 aliphatic heterocycles. The van der Waals surface area contributed by atoms with Crippen molar-refractivity contribution in [1.82, 2.24) is 0 Å². The molecule has 2 aromatic carbocycles. The number of anilines is 2. The van der Waals surface area contributed by atoms with Gasteiger partial charge in [-0.15, -0.1) is 0 Å². The van der Waals surface area contributed by atoms with Gasteiger partial charge in [0.2, 0.25) is 0 Å². The maximum Gasteiger partial charge on any atom is 0.0459 e. The van der Waals surface area contributed by atoms with Crippen LogP contribution in [-0.4, -0.2) is 13.6 Å². The van der Waals surface area contributed by atoms with E-state index in [4.69, 9.17) is 17.3 Å². The second-order valence-corrected chi connectivity index (χ2v) is 5.08. The standard InChI is InChI=1S/C16H19ClN2/c1-12-6-8-13(9-7-12)19(2)16-5-3-4-15(17)14(16)10-11-18/h3-9H,10-11,18H2,1-2H3. The second kappa shape index (κ2) is 6.09. The summed E-state index contributed by atoms with van der Waals surface area (Å²) in [5, 5.41) is 0.780. The number of rotatable bonds is 4. The molecule has 0 saturated heterocycles. The van der Waals surface area contributed by atoms with E-state index in [1.807, 2.05) is 12.1 Å². The molecular formula is C16H19ClN2. The Morgan fingerprint density at radius 2 is 1.79 bits per heavy atom. The topological polar surface area (TPSA) is 29.3 Å². The predicted molar refractivity (Wildman–Crippen MR) is 83.5 cm³/mol. The molecule has 19 heavy (non-hydrogen) atoms. The number of hydrogen-bond acceptors (Lipinski definition) is 2. The summed E-state index contributed by atoms with van der Waals surface area (Å²) >= 11 is 6.28. The Hall–Kier alpha value is -1.51. The van der Waals surface area contributed by atoms with Crippen molar-refractivity contribution in [2.45, 2.75) is 13.3 Å². The zero-order valence-electron chi connectivity index (χ0n) is 11.4. The largest absolute Gasteiger partial charge is 0.344 e. The van der Waals surface area contributed by atoms with E-state index >= 15 is 0 Å². The Morgan fingerprint density at radius 1 is 1.11 bits per heavy atom. The van der Waals surface area contributed by atoms with E-state index in [0.717, 1.165) is 28.4 Å². The fourth-order valence-electron chi connectivity index (χ4n) is 2.16. The highest BCUT2D eigenvalue weighted by atomic mass is 35.5. The average molecular weight is 275 g/mol. The van der Waals surface area contributed by atoms with Gasteiger partial charge in [0.1, 0.15) is 0 Å². The zero-order valence-corrected chi connectivity index (χ0v) is 12.1. The lowest BCUT2D eigenvalue weighted by atomic mass is 10.1. The van der Waals surface area contributed by atoms with Crippen molar-refractivity contribution in [2.24, 2.45) is 5.73 Å². The minimum Gasteiger partial charge on any atom is -0.344 e. The van der Waals surface area contributed by atoms with Crippen molar-refractivity contribution in [3.8, 4) is 0 Å². The van der Waals surface area contributed by atoms with E-state index in [2.05, 4.69) is 49.2 Å². The number of nitrogens with two attached hydrogens (primary N) is 1. The molecule has 0 spiro atoms. The number of hydrogen-bond donors (Lipinski definition) is 1. The molecule has 0 saturated carbocycles. The van der Waals surface area contributed by atoms with Crippen LogP contribution in [0.25, 0.3) is 0 Å². The highest BCUT2D eigenvalue weighted by Gasteiger charge is 2.11. The molecule has 0 aliphatic carbocycles. The van der Waals surface area contributed by atoms with Gasteiger partial charge < -0.3 is 10.6 Å². The lowest BCUT2D eigenvalue weighted by Gasteiger charge is -2.23. The van der Waals surface area contributed by atoms with Gasteiger partial charge in [0.25, 0.3) is 0 Å². The number of aryl methyl sites for hydroxylation is 1. The SMILES string of the molecule is Cc1ccc(N(C)c2cccc(Cl)c2CCN)cc1. The van der Waals surface area contributed by atoms with Crippen LogP contribution in [0.3, 0.4) is 0 Å². The highest BCUT2D eigenvalue weighted by Crippen LogP contribution is 2.31. The lowest BCUT2D eigenvalue weighted by molar-refractivity contribution is 0.961. The maximum atomic E-state index is 6.28. The van der Waals surface area contributed by atoms with Crippen molar-refractivity contribution in [3.05, 3.63) is 58.6 Å². The van der Waals surface area contributed by atoms with Crippen LogP contribution in [0.2, 0.25) is 5.02 Å². The maximum absolute atomic E-state index is 6.28. The molecule has 0 aliphatic rings. The fourth-order valence-corrected chi connectivity index (χ4v) is 2.42.